The summed E-state index contributed by atoms with van der Waals surface area (Å²) in [4.78, 5) is 12.6. The number of benzene rings is 2. The van der Waals surface area contributed by atoms with Crippen LogP contribution in [0.3, 0.4) is 0 Å². The summed E-state index contributed by atoms with van der Waals surface area (Å²) < 4.78 is 0. The van der Waals surface area contributed by atoms with Crippen LogP contribution in [0.15, 0.2) is 24.3 Å². The lowest BCUT2D eigenvalue weighted by Crippen LogP contribution is -2.07. The summed E-state index contributed by atoms with van der Waals surface area (Å²) in [5, 5.41) is 0.484. The fourth-order valence-corrected chi connectivity index (χ4v) is 2.88. The molecule has 0 aromatic heterocycles. The number of anilines is 1. The lowest BCUT2D eigenvalue weighted by molar-refractivity contribution is 0.103. The molecule has 0 saturated heterocycles. The van der Waals surface area contributed by atoms with Gasteiger partial charge in [-0.2, -0.15) is 0 Å². The Balaban J connectivity index is 2.66. The summed E-state index contributed by atoms with van der Waals surface area (Å²) in [5.74, 6) is -0.344. The van der Waals surface area contributed by atoms with Gasteiger partial charge in [0, 0.05) is 11.3 Å². The molecule has 2 aromatic carbocycles. The van der Waals surface area contributed by atoms with Gasteiger partial charge in [-0.05, 0) is 30.7 Å². The van der Waals surface area contributed by atoms with Gasteiger partial charge in [-0.15, -0.1) is 0 Å². The number of hydrogen-bond acceptors (Lipinski definition) is 2. The topological polar surface area (TPSA) is 43.1 Å². The van der Waals surface area contributed by atoms with E-state index in [0.29, 0.717) is 11.3 Å². The number of aryl methyl sites for hydroxylation is 1. The minimum absolute atomic E-state index is 0.0380. The van der Waals surface area contributed by atoms with Gasteiger partial charge in [-0.3, -0.25) is 4.79 Å². The number of rotatable bonds is 2. The molecular formula is C14H9Cl4NO. The van der Waals surface area contributed by atoms with Gasteiger partial charge in [-0.25, -0.2) is 0 Å². The van der Waals surface area contributed by atoms with Crippen molar-refractivity contribution in [3.8, 4) is 0 Å². The van der Waals surface area contributed by atoms with Crippen molar-refractivity contribution in [2.24, 2.45) is 0 Å². The molecule has 0 fully saturated rings. The third kappa shape index (κ3) is 2.75. The van der Waals surface area contributed by atoms with Crippen molar-refractivity contribution in [2.45, 2.75) is 6.92 Å². The van der Waals surface area contributed by atoms with E-state index in [0.717, 1.165) is 5.56 Å². The molecule has 2 nitrogen and oxygen atoms in total. The third-order valence-corrected chi connectivity index (χ3v) is 4.41. The van der Waals surface area contributed by atoms with Gasteiger partial charge in [0.25, 0.3) is 0 Å². The predicted octanol–water partition coefficient (Wildman–Crippen LogP) is 5.42. The lowest BCUT2D eigenvalue weighted by Gasteiger charge is -2.11. The zero-order valence-electron chi connectivity index (χ0n) is 10.3. The van der Waals surface area contributed by atoms with E-state index in [1.807, 2.05) is 0 Å². The fourth-order valence-electron chi connectivity index (χ4n) is 1.79. The van der Waals surface area contributed by atoms with Crippen LogP contribution in [0.5, 0.6) is 0 Å². The van der Waals surface area contributed by atoms with Gasteiger partial charge >= 0.3 is 0 Å². The number of nitrogen functional groups attached to an aromatic ring is 1. The Morgan fingerprint density at radius 1 is 1.00 bits per heavy atom. The molecule has 2 N–H and O–H groups in total. The van der Waals surface area contributed by atoms with Crippen molar-refractivity contribution in [1.82, 2.24) is 0 Å². The molecule has 20 heavy (non-hydrogen) atoms. The summed E-state index contributed by atoms with van der Waals surface area (Å²) in [5.41, 5.74) is 7.50. The van der Waals surface area contributed by atoms with E-state index in [1.165, 1.54) is 6.07 Å². The Bertz CT molecular complexity index is 713. The van der Waals surface area contributed by atoms with Crippen LogP contribution in [0.4, 0.5) is 5.69 Å². The van der Waals surface area contributed by atoms with Crippen LogP contribution in [-0.4, -0.2) is 5.78 Å². The second-order valence-corrected chi connectivity index (χ2v) is 5.82. The average Bonchev–Trinajstić information content (AvgIpc) is 2.39. The first kappa shape index (κ1) is 15.5. The number of ketones is 1. The van der Waals surface area contributed by atoms with Crippen LogP contribution in [-0.2, 0) is 0 Å². The zero-order valence-corrected chi connectivity index (χ0v) is 13.3. The summed E-state index contributed by atoms with van der Waals surface area (Å²) in [6.45, 7) is 1.80. The van der Waals surface area contributed by atoms with E-state index in [1.54, 1.807) is 25.1 Å². The first-order valence-corrected chi connectivity index (χ1v) is 7.08. The summed E-state index contributed by atoms with van der Waals surface area (Å²) in [6.07, 6.45) is 0. The van der Waals surface area contributed by atoms with E-state index >= 15 is 0 Å². The van der Waals surface area contributed by atoms with E-state index in [9.17, 15) is 4.79 Å². The summed E-state index contributed by atoms with van der Waals surface area (Å²) >= 11 is 24.0. The standard InChI is InChI=1S/C14H9Cl4NO/c1-6-2-3-7(19)4-8(6)14(20)11-9(15)5-10(16)12(17)13(11)18/h2-5H,19H2,1H3. The molecule has 2 aromatic rings. The molecule has 0 aliphatic rings. The van der Waals surface area contributed by atoms with Gasteiger partial charge in [0.15, 0.2) is 5.78 Å². The maximum atomic E-state index is 12.6. The molecular weight excluding hydrogens is 340 g/mol. The predicted molar refractivity (Wildman–Crippen MR) is 85.5 cm³/mol. The van der Waals surface area contributed by atoms with E-state index in [-0.39, 0.29) is 31.4 Å². The van der Waals surface area contributed by atoms with Crippen molar-refractivity contribution in [3.05, 3.63) is 61.0 Å². The van der Waals surface area contributed by atoms with Crippen LogP contribution >= 0.6 is 46.4 Å². The highest BCUT2D eigenvalue weighted by Crippen LogP contribution is 2.38. The second kappa shape index (κ2) is 5.82. The smallest absolute Gasteiger partial charge is 0.196 e. The molecule has 104 valence electrons. The zero-order chi connectivity index (χ0) is 15.0. The molecule has 0 unspecified atom stereocenters. The normalized spacial score (nSPS) is 10.7. The number of hydrogen-bond donors (Lipinski definition) is 1. The summed E-state index contributed by atoms with van der Waals surface area (Å²) in [6, 6.07) is 6.44. The van der Waals surface area contributed by atoms with Crippen molar-refractivity contribution >= 4 is 57.9 Å². The molecule has 0 amide bonds. The largest absolute Gasteiger partial charge is 0.399 e. The highest BCUT2D eigenvalue weighted by atomic mass is 35.5. The van der Waals surface area contributed by atoms with Crippen LogP contribution in [0.2, 0.25) is 20.1 Å². The van der Waals surface area contributed by atoms with Crippen LogP contribution in [0.25, 0.3) is 0 Å². The third-order valence-electron chi connectivity index (χ3n) is 2.85. The maximum Gasteiger partial charge on any atom is 0.196 e. The highest BCUT2D eigenvalue weighted by molar-refractivity contribution is 6.51. The Kier molecular flexibility index (Phi) is 4.50. The molecule has 0 atom stereocenters. The van der Waals surface area contributed by atoms with Gasteiger partial charge in [0.2, 0.25) is 0 Å². The van der Waals surface area contributed by atoms with Gasteiger partial charge in [0.1, 0.15) is 0 Å². The molecule has 6 heteroatoms. The van der Waals surface area contributed by atoms with Gasteiger partial charge in [-0.1, -0.05) is 52.5 Å². The SMILES string of the molecule is Cc1ccc(N)cc1C(=O)c1c(Cl)cc(Cl)c(Cl)c1Cl. The summed E-state index contributed by atoms with van der Waals surface area (Å²) in [7, 11) is 0. The fraction of sp³-hybridized carbons (Fsp3) is 0.0714. The molecule has 0 aliphatic carbocycles. The number of carbonyl (C=O) groups excluding carboxylic acids is 1. The minimum atomic E-state index is -0.344. The van der Waals surface area contributed by atoms with Crippen molar-refractivity contribution in [1.29, 1.82) is 0 Å². The van der Waals surface area contributed by atoms with Gasteiger partial charge < -0.3 is 5.73 Å². The molecule has 0 spiro atoms. The molecule has 0 aliphatic heterocycles. The molecule has 0 bridgehead atoms. The lowest BCUT2D eigenvalue weighted by atomic mass is 9.98. The van der Waals surface area contributed by atoms with Gasteiger partial charge in [0.05, 0.1) is 25.7 Å². The van der Waals surface area contributed by atoms with E-state index in [2.05, 4.69) is 0 Å². The van der Waals surface area contributed by atoms with Crippen molar-refractivity contribution in [2.75, 3.05) is 5.73 Å². The van der Waals surface area contributed by atoms with Crippen LogP contribution in [0.1, 0.15) is 21.5 Å². The molecule has 0 radical (unpaired) electrons. The van der Waals surface area contributed by atoms with E-state index < -0.39 is 0 Å². The first-order chi connectivity index (χ1) is 9.32. The number of carbonyl (C=O) groups is 1. The number of nitrogens with two attached hydrogens (primary N) is 1. The quantitative estimate of drug-likeness (QED) is 0.340. The number of halogens is 4. The Labute approximate surface area is 136 Å². The monoisotopic (exact) mass is 347 g/mol. The van der Waals surface area contributed by atoms with Crippen LogP contribution < -0.4 is 5.73 Å². The average molecular weight is 349 g/mol. The van der Waals surface area contributed by atoms with Crippen molar-refractivity contribution < 1.29 is 4.79 Å². The molecule has 2 rings (SSSR count). The molecule has 0 saturated carbocycles. The highest BCUT2D eigenvalue weighted by Gasteiger charge is 2.22. The van der Waals surface area contributed by atoms with Crippen LogP contribution in [0, 0.1) is 6.92 Å². The Morgan fingerprint density at radius 2 is 1.65 bits per heavy atom. The molecule has 0 heterocycles. The first-order valence-electron chi connectivity index (χ1n) is 5.56. The Hall–Kier alpha value is -0.930. The minimum Gasteiger partial charge on any atom is -0.399 e. The van der Waals surface area contributed by atoms with Crippen molar-refractivity contribution in [3.63, 3.8) is 0 Å². The van der Waals surface area contributed by atoms with E-state index in [4.69, 9.17) is 52.1 Å². The second-order valence-electron chi connectivity index (χ2n) is 4.25. The maximum absolute atomic E-state index is 12.6. The Morgan fingerprint density at radius 3 is 2.30 bits per heavy atom.